The zero-order chi connectivity index (χ0) is 2.00. The van der Waals surface area contributed by atoms with Crippen LogP contribution in [0.2, 0.25) is 0 Å². The van der Waals surface area contributed by atoms with Crippen molar-refractivity contribution in [2.45, 2.75) is 0 Å². The molecule has 0 spiro atoms. The number of hydrogen-bond donors (Lipinski definition) is 0. The van der Waals surface area contributed by atoms with Gasteiger partial charge in [0.1, 0.15) is 0 Å². The molecule has 0 aliphatic heterocycles. The normalized spacial score (nSPS) is 1.20. The second-order valence-corrected chi connectivity index (χ2v) is 0. The minimum atomic E-state index is 0. The Morgan fingerprint density at radius 3 is 1.00 bits per heavy atom. The summed E-state index contributed by atoms with van der Waals surface area (Å²) in [7, 11) is 4.45. The molecule has 0 aliphatic rings. The van der Waals surface area contributed by atoms with Crippen molar-refractivity contribution < 1.29 is 44.8 Å². The molecule has 5 heavy (non-hydrogen) atoms. The number of rotatable bonds is 0. The van der Waals surface area contributed by atoms with Gasteiger partial charge in [0.25, 0.3) is 0 Å². The van der Waals surface area contributed by atoms with E-state index in [0.717, 1.165) is 0 Å². The van der Waals surface area contributed by atoms with Crippen LogP contribution in [0.25, 0.3) is 0 Å². The molecule has 0 fully saturated rings. The van der Waals surface area contributed by atoms with Crippen LogP contribution < -0.4 is 0 Å². The third-order valence-corrected chi connectivity index (χ3v) is 0. The molecule has 0 aliphatic carbocycles. The fourth-order valence-corrected chi connectivity index (χ4v) is 0. The van der Waals surface area contributed by atoms with E-state index in [2.05, 4.69) is 25.1 Å². The molecule has 0 saturated carbocycles. The summed E-state index contributed by atoms with van der Waals surface area (Å²) >= 11 is 2.41. The molecule has 0 amide bonds. The molecule has 0 saturated heterocycles. The Labute approximate surface area is 81.2 Å². The van der Waals surface area contributed by atoms with Gasteiger partial charge in [-0.05, 0) is 10.1 Å². The van der Waals surface area contributed by atoms with E-state index < -0.39 is 0 Å². The van der Waals surface area contributed by atoms with E-state index >= 15 is 0 Å². The van der Waals surface area contributed by atoms with Gasteiger partial charge in [0, 0.05) is 59.8 Å². The van der Waals surface area contributed by atoms with Gasteiger partial charge in [-0.3, -0.25) is 0 Å². The maximum absolute atomic E-state index is 4.45. The van der Waals surface area contributed by atoms with Crippen LogP contribution in [0.5, 0.6) is 0 Å². The Hall–Kier alpha value is 2.54. The second-order valence-electron chi connectivity index (χ2n) is 0. The Morgan fingerprint density at radius 1 is 1.00 bits per heavy atom. The zero-order valence-corrected chi connectivity index (χ0v) is 7.89. The SMILES string of the molecule is Cl.ClBr.[Ag].[Ag]. The molecule has 2 radical (unpaired) electrons. The predicted octanol–water partition coefficient (Wildman–Crippen LogP) is 1.95. The second kappa shape index (κ2) is 31.1. The number of hydrogen-bond acceptors (Lipinski definition) is 0. The molecule has 0 heterocycles. The Bertz CT molecular complexity index is 7.61. The smallest absolute Gasteiger partial charge is 0.0341 e. The minimum Gasteiger partial charge on any atom is -0.147 e. The van der Waals surface area contributed by atoms with Crippen molar-refractivity contribution in [3.05, 3.63) is 0 Å². The van der Waals surface area contributed by atoms with Crippen LogP contribution in [0.15, 0.2) is 0 Å². The molecule has 0 bridgehead atoms. The molecule has 0 N–H and O–H groups in total. The van der Waals surface area contributed by atoms with E-state index in [0.29, 0.717) is 0 Å². The number of halogens is 3. The third kappa shape index (κ3) is 20.9. The molecule has 0 nitrogen and oxygen atoms in total. The maximum Gasteiger partial charge on any atom is 0.0341 e. The van der Waals surface area contributed by atoms with E-state index in [1.807, 2.05) is 0 Å². The molecule has 0 atom stereocenters. The van der Waals surface area contributed by atoms with E-state index in [1.165, 1.54) is 0 Å². The van der Waals surface area contributed by atoms with Gasteiger partial charge in [-0.25, -0.2) is 0 Å². The van der Waals surface area contributed by atoms with Crippen molar-refractivity contribution >= 4 is 37.5 Å². The molecule has 44 valence electrons. The molecule has 0 aromatic carbocycles. The van der Waals surface area contributed by atoms with E-state index in [1.54, 1.807) is 0 Å². The predicted molar refractivity (Wildman–Crippen MR) is 22.0 cm³/mol. The summed E-state index contributed by atoms with van der Waals surface area (Å²) in [6, 6.07) is 0. The Balaban J connectivity index is -0.00000000167. The summed E-state index contributed by atoms with van der Waals surface area (Å²) < 4.78 is 0. The first-order valence-electron chi connectivity index (χ1n) is 0.143. The third-order valence-electron chi connectivity index (χ3n) is 0. The first-order chi connectivity index (χ1) is 1.00. The van der Waals surface area contributed by atoms with Crippen molar-refractivity contribution in [3.8, 4) is 0 Å². The molecule has 5 heteroatoms. The van der Waals surface area contributed by atoms with E-state index in [-0.39, 0.29) is 57.2 Å². The summed E-state index contributed by atoms with van der Waals surface area (Å²) in [5.41, 5.74) is 0. The fraction of sp³-hybridized carbons (Fsp3) is 0. The maximum atomic E-state index is 4.45. The summed E-state index contributed by atoms with van der Waals surface area (Å²) in [5.74, 6) is 0. The van der Waals surface area contributed by atoms with Gasteiger partial charge in [0.2, 0.25) is 0 Å². The topological polar surface area (TPSA) is 0 Å². The summed E-state index contributed by atoms with van der Waals surface area (Å²) in [5, 5.41) is 0. The molecule has 0 aromatic rings. The Morgan fingerprint density at radius 2 is 1.00 bits per heavy atom. The summed E-state index contributed by atoms with van der Waals surface area (Å²) in [6.45, 7) is 0. The largest absolute Gasteiger partial charge is 0.147 e. The fourth-order valence-electron chi connectivity index (χ4n) is 0. The molecule has 0 rings (SSSR count). The van der Waals surface area contributed by atoms with Crippen LogP contribution >= 0.6 is 37.5 Å². The van der Waals surface area contributed by atoms with Gasteiger partial charge < -0.3 is 0 Å². The van der Waals surface area contributed by atoms with Crippen molar-refractivity contribution in [2.75, 3.05) is 0 Å². The van der Waals surface area contributed by atoms with Crippen molar-refractivity contribution in [1.29, 1.82) is 0 Å². The standard InChI is InChI=1S/2Ag.BrCl.ClH/c;;1-2;/h;;;1H. The van der Waals surface area contributed by atoms with E-state index in [4.69, 9.17) is 0 Å². The van der Waals surface area contributed by atoms with Crippen LogP contribution in [0.4, 0.5) is 0 Å². The Kier molecular flexibility index (Phi) is 160. The molecule has 0 unspecified atom stereocenters. The first kappa shape index (κ1) is 25.7. The first-order valence-corrected chi connectivity index (χ1v) is 2.23. The molecule has 0 aromatic heterocycles. The zero-order valence-electron chi connectivity index (χ0n) is 1.77. The summed E-state index contributed by atoms with van der Waals surface area (Å²) in [6.07, 6.45) is 0. The van der Waals surface area contributed by atoms with Gasteiger partial charge in [-0.2, -0.15) is 0 Å². The van der Waals surface area contributed by atoms with Crippen LogP contribution in [-0.4, -0.2) is 0 Å². The van der Waals surface area contributed by atoms with E-state index in [9.17, 15) is 0 Å². The molecular formula is HAg2BrCl2. The monoisotopic (exact) mass is 364 g/mol. The quantitative estimate of drug-likeness (QED) is 0.574. The van der Waals surface area contributed by atoms with Gasteiger partial charge in [-0.1, -0.05) is 0 Å². The van der Waals surface area contributed by atoms with Crippen molar-refractivity contribution in [3.63, 3.8) is 0 Å². The minimum absolute atomic E-state index is 0. The van der Waals surface area contributed by atoms with Gasteiger partial charge in [-0.15, -0.1) is 12.4 Å². The van der Waals surface area contributed by atoms with Crippen LogP contribution in [0.3, 0.4) is 0 Å². The average molecular weight is 368 g/mol. The molecular weight excluding hydrogens is 367 g/mol. The van der Waals surface area contributed by atoms with Crippen LogP contribution in [0, 0.1) is 0 Å². The van der Waals surface area contributed by atoms with Crippen molar-refractivity contribution in [2.24, 2.45) is 0 Å². The van der Waals surface area contributed by atoms with Gasteiger partial charge in [0.15, 0.2) is 0 Å². The van der Waals surface area contributed by atoms with Gasteiger partial charge >= 0.3 is 0 Å². The average Bonchev–Trinajstić information content (AvgIpc) is 1.00. The summed E-state index contributed by atoms with van der Waals surface area (Å²) in [4.78, 5) is 0. The van der Waals surface area contributed by atoms with Crippen molar-refractivity contribution in [1.82, 2.24) is 0 Å². The van der Waals surface area contributed by atoms with Crippen LogP contribution in [0.1, 0.15) is 0 Å². The van der Waals surface area contributed by atoms with Crippen LogP contribution in [-0.2, 0) is 44.8 Å². The van der Waals surface area contributed by atoms with Gasteiger partial charge in [0.05, 0.1) is 0 Å².